The Morgan fingerprint density at radius 1 is 1.20 bits per heavy atom. The molecule has 158 valence electrons. The normalized spacial score (nSPS) is 19.6. The number of aryl methyl sites for hydroxylation is 1. The minimum Gasteiger partial charge on any atom is -0.495 e. The summed E-state index contributed by atoms with van der Waals surface area (Å²) in [6.07, 6.45) is 7.54. The summed E-state index contributed by atoms with van der Waals surface area (Å²) in [6.45, 7) is 4.97. The number of anilines is 1. The number of aromatic nitrogens is 3. The first-order valence-electron chi connectivity index (χ1n) is 10.7. The van der Waals surface area contributed by atoms with Gasteiger partial charge in [-0.3, -0.25) is 4.79 Å². The highest BCUT2D eigenvalue weighted by Crippen LogP contribution is 2.35. The quantitative estimate of drug-likeness (QED) is 0.630. The van der Waals surface area contributed by atoms with E-state index in [4.69, 9.17) is 14.8 Å². The highest BCUT2D eigenvalue weighted by molar-refractivity contribution is 7.12. The number of hydrogen-bond acceptors (Lipinski definition) is 6. The van der Waals surface area contributed by atoms with Gasteiger partial charge in [0.2, 0.25) is 0 Å². The smallest absolute Gasteiger partial charge is 0.268 e. The Kier molecular flexibility index (Phi) is 5.10. The number of rotatable bonds is 4. The van der Waals surface area contributed by atoms with Crippen molar-refractivity contribution in [3.05, 3.63) is 39.8 Å². The molecule has 2 aliphatic rings. The standard InChI is InChI=1S/C22H27N5O2S/c1-15-14-27-19(23-21(15)25-9-5-6-10-25)13-16(24-27)17-7-3-4-11-26(17)22(28)20-18(29-2)8-12-30-20/h8,12-14,17H,3-7,9-11H2,1-2H3. The van der Waals surface area contributed by atoms with Gasteiger partial charge in [0, 0.05) is 37.5 Å². The summed E-state index contributed by atoms with van der Waals surface area (Å²) in [5, 5.41) is 6.74. The third kappa shape index (κ3) is 3.33. The van der Waals surface area contributed by atoms with Gasteiger partial charge in [-0.15, -0.1) is 11.3 Å². The van der Waals surface area contributed by atoms with Gasteiger partial charge in [-0.1, -0.05) is 0 Å². The number of likely N-dealkylation sites (tertiary alicyclic amines) is 1. The van der Waals surface area contributed by atoms with Crippen molar-refractivity contribution in [2.75, 3.05) is 31.6 Å². The molecule has 3 aromatic rings. The molecule has 0 spiro atoms. The lowest BCUT2D eigenvalue weighted by molar-refractivity contribution is 0.0608. The van der Waals surface area contributed by atoms with E-state index in [9.17, 15) is 4.79 Å². The maximum atomic E-state index is 13.3. The zero-order valence-electron chi connectivity index (χ0n) is 17.5. The minimum atomic E-state index is -0.0321. The molecular weight excluding hydrogens is 398 g/mol. The van der Waals surface area contributed by atoms with Crippen LogP contribution in [0.2, 0.25) is 0 Å². The lowest BCUT2D eigenvalue weighted by atomic mass is 9.99. The van der Waals surface area contributed by atoms with E-state index >= 15 is 0 Å². The number of piperidine rings is 1. The van der Waals surface area contributed by atoms with Crippen LogP contribution in [0.25, 0.3) is 5.65 Å². The van der Waals surface area contributed by atoms with Crippen molar-refractivity contribution in [1.82, 2.24) is 19.5 Å². The van der Waals surface area contributed by atoms with Crippen LogP contribution in [0, 0.1) is 6.92 Å². The number of carbonyl (C=O) groups excluding carboxylic acids is 1. The highest BCUT2D eigenvalue weighted by atomic mass is 32.1. The second kappa shape index (κ2) is 7.91. The van der Waals surface area contributed by atoms with Crippen LogP contribution in [-0.4, -0.2) is 52.1 Å². The third-order valence-electron chi connectivity index (χ3n) is 6.18. The number of methoxy groups -OCH3 is 1. The number of amides is 1. The Labute approximate surface area is 180 Å². The Morgan fingerprint density at radius 2 is 2.00 bits per heavy atom. The largest absolute Gasteiger partial charge is 0.495 e. The van der Waals surface area contributed by atoms with Gasteiger partial charge in [0.05, 0.1) is 18.8 Å². The molecular formula is C22H27N5O2S. The summed E-state index contributed by atoms with van der Waals surface area (Å²) >= 11 is 1.44. The van der Waals surface area contributed by atoms with Crippen molar-refractivity contribution in [3.63, 3.8) is 0 Å². The fourth-order valence-electron chi connectivity index (χ4n) is 4.66. The van der Waals surface area contributed by atoms with Crippen LogP contribution in [0.1, 0.15) is 59.1 Å². The van der Waals surface area contributed by atoms with E-state index in [1.54, 1.807) is 7.11 Å². The van der Waals surface area contributed by atoms with E-state index in [1.165, 1.54) is 24.2 Å². The zero-order chi connectivity index (χ0) is 20.7. The van der Waals surface area contributed by atoms with Crippen molar-refractivity contribution in [3.8, 4) is 5.75 Å². The van der Waals surface area contributed by atoms with Crippen molar-refractivity contribution >= 4 is 28.7 Å². The van der Waals surface area contributed by atoms with E-state index in [0.717, 1.165) is 61.6 Å². The van der Waals surface area contributed by atoms with Crippen LogP contribution in [0.4, 0.5) is 5.82 Å². The molecule has 0 aromatic carbocycles. The summed E-state index contributed by atoms with van der Waals surface area (Å²) in [5.41, 5.74) is 2.91. The Hall–Kier alpha value is -2.61. The lowest BCUT2D eigenvalue weighted by Crippen LogP contribution is -2.38. The average molecular weight is 426 g/mol. The Bertz CT molecular complexity index is 1070. The summed E-state index contributed by atoms with van der Waals surface area (Å²) < 4.78 is 7.26. The molecule has 30 heavy (non-hydrogen) atoms. The average Bonchev–Trinajstić information content (AvgIpc) is 3.52. The number of nitrogens with zero attached hydrogens (tertiary/aromatic N) is 5. The predicted molar refractivity (Wildman–Crippen MR) is 118 cm³/mol. The number of carbonyl (C=O) groups is 1. The number of ether oxygens (including phenoxy) is 1. The summed E-state index contributed by atoms with van der Waals surface area (Å²) in [7, 11) is 1.61. The maximum Gasteiger partial charge on any atom is 0.268 e. The van der Waals surface area contributed by atoms with E-state index in [1.807, 2.05) is 20.9 Å². The van der Waals surface area contributed by atoms with E-state index in [2.05, 4.69) is 24.1 Å². The van der Waals surface area contributed by atoms with E-state index < -0.39 is 0 Å². The monoisotopic (exact) mass is 425 g/mol. The lowest BCUT2D eigenvalue weighted by Gasteiger charge is -2.34. The molecule has 0 radical (unpaired) electrons. The van der Waals surface area contributed by atoms with Gasteiger partial charge in [0.25, 0.3) is 5.91 Å². The summed E-state index contributed by atoms with van der Waals surface area (Å²) in [6, 6.07) is 3.88. The van der Waals surface area contributed by atoms with Gasteiger partial charge in [0.1, 0.15) is 16.4 Å². The molecule has 0 aliphatic carbocycles. The molecule has 2 saturated heterocycles. The molecule has 7 nitrogen and oxygen atoms in total. The van der Waals surface area contributed by atoms with Gasteiger partial charge >= 0.3 is 0 Å². The second-order valence-electron chi connectivity index (χ2n) is 8.14. The predicted octanol–water partition coefficient (Wildman–Crippen LogP) is 4.08. The van der Waals surface area contributed by atoms with Crippen LogP contribution in [0.5, 0.6) is 5.75 Å². The second-order valence-corrected chi connectivity index (χ2v) is 9.06. The van der Waals surface area contributed by atoms with E-state index in [0.29, 0.717) is 10.6 Å². The maximum absolute atomic E-state index is 13.3. The van der Waals surface area contributed by atoms with Crippen LogP contribution < -0.4 is 9.64 Å². The number of thiophene rings is 1. The summed E-state index contributed by atoms with van der Waals surface area (Å²) in [4.78, 5) is 23.2. The molecule has 5 heterocycles. The number of fused-ring (bicyclic) bond motifs is 1. The van der Waals surface area contributed by atoms with Crippen LogP contribution in [0.15, 0.2) is 23.7 Å². The van der Waals surface area contributed by atoms with Gasteiger partial charge in [-0.25, -0.2) is 9.50 Å². The van der Waals surface area contributed by atoms with Gasteiger partial charge in [-0.2, -0.15) is 5.10 Å². The van der Waals surface area contributed by atoms with Crippen LogP contribution in [-0.2, 0) is 0 Å². The zero-order valence-corrected chi connectivity index (χ0v) is 18.3. The van der Waals surface area contributed by atoms with Crippen LogP contribution >= 0.6 is 11.3 Å². The first kappa shape index (κ1) is 19.4. The topological polar surface area (TPSA) is 63.0 Å². The van der Waals surface area contributed by atoms with Crippen LogP contribution in [0.3, 0.4) is 0 Å². The van der Waals surface area contributed by atoms with Gasteiger partial charge in [-0.05, 0) is 50.5 Å². The molecule has 2 fully saturated rings. The first-order chi connectivity index (χ1) is 14.7. The van der Waals surface area contributed by atoms with Gasteiger partial charge in [0.15, 0.2) is 5.65 Å². The fraction of sp³-hybridized carbons (Fsp3) is 0.500. The van der Waals surface area contributed by atoms with Crippen molar-refractivity contribution in [1.29, 1.82) is 0 Å². The highest BCUT2D eigenvalue weighted by Gasteiger charge is 2.32. The number of hydrogen-bond donors (Lipinski definition) is 0. The molecule has 3 aromatic heterocycles. The Morgan fingerprint density at radius 3 is 2.80 bits per heavy atom. The van der Waals surface area contributed by atoms with Gasteiger partial charge < -0.3 is 14.5 Å². The van der Waals surface area contributed by atoms with Crippen molar-refractivity contribution in [2.24, 2.45) is 0 Å². The first-order valence-corrected chi connectivity index (χ1v) is 11.6. The van der Waals surface area contributed by atoms with Crippen molar-refractivity contribution in [2.45, 2.75) is 45.1 Å². The molecule has 1 atom stereocenters. The molecule has 0 N–H and O–H groups in total. The molecule has 1 unspecified atom stereocenters. The fourth-order valence-corrected chi connectivity index (χ4v) is 5.47. The third-order valence-corrected chi connectivity index (χ3v) is 7.06. The molecule has 1 amide bonds. The SMILES string of the molecule is COc1ccsc1C(=O)N1CCCCC1c1cc2nc(N3CCCC3)c(C)cn2n1. The van der Waals surface area contributed by atoms with E-state index in [-0.39, 0.29) is 11.9 Å². The molecule has 5 rings (SSSR count). The van der Waals surface area contributed by atoms with Crippen molar-refractivity contribution < 1.29 is 9.53 Å². The Balaban J connectivity index is 1.48. The molecule has 2 aliphatic heterocycles. The summed E-state index contributed by atoms with van der Waals surface area (Å²) in [5.74, 6) is 1.74. The molecule has 0 bridgehead atoms. The molecule has 0 saturated carbocycles. The minimum absolute atomic E-state index is 0.0321. The molecule has 8 heteroatoms.